The smallest absolute Gasteiger partial charge is 0.438 e. The van der Waals surface area contributed by atoms with Gasteiger partial charge >= 0.3 is 12.1 Å². The van der Waals surface area contributed by atoms with Gasteiger partial charge in [0.2, 0.25) is 0 Å². The first kappa shape index (κ1) is 22.9. The highest BCUT2D eigenvalue weighted by Crippen LogP contribution is 2.44. The van der Waals surface area contributed by atoms with Gasteiger partial charge in [0.25, 0.3) is 0 Å². The van der Waals surface area contributed by atoms with Crippen molar-refractivity contribution in [3.63, 3.8) is 0 Å². The number of hydrogen-bond acceptors (Lipinski definition) is 8. The Kier molecular flexibility index (Phi) is 6.75. The second-order valence-corrected chi connectivity index (χ2v) is 8.52. The number of rotatable bonds is 7. The SMILES string of the molecule is COC(=O)[C@H]1CCC[C@H](Oc2ccc(-c3nnn(C)c3COC(=O)N(C)F)nc2C2CC2)C1. The summed E-state index contributed by atoms with van der Waals surface area (Å²) in [5, 5.41) is 8.05. The Morgan fingerprint density at radius 1 is 1.24 bits per heavy atom. The summed E-state index contributed by atoms with van der Waals surface area (Å²) in [6.45, 7) is -0.193. The van der Waals surface area contributed by atoms with Crippen LogP contribution in [-0.4, -0.2) is 57.4 Å². The molecular weight excluding hydrogens is 433 g/mol. The lowest BCUT2D eigenvalue weighted by Gasteiger charge is -2.28. The Labute approximate surface area is 190 Å². The van der Waals surface area contributed by atoms with Crippen LogP contribution in [0.5, 0.6) is 5.75 Å². The number of esters is 1. The molecule has 2 aromatic rings. The summed E-state index contributed by atoms with van der Waals surface area (Å²) in [5.74, 6) is 0.693. The Hall–Kier alpha value is -3.24. The summed E-state index contributed by atoms with van der Waals surface area (Å²) < 4.78 is 30.7. The average molecular weight is 461 g/mol. The van der Waals surface area contributed by atoms with Crippen LogP contribution in [0.2, 0.25) is 0 Å². The van der Waals surface area contributed by atoms with Crippen LogP contribution in [0.15, 0.2) is 12.1 Å². The largest absolute Gasteiger partial charge is 0.488 e. The number of carbonyl (C=O) groups excluding carboxylic acids is 2. The standard InChI is InChI=1S/C22H28FN5O5/c1-27(23)22(30)32-12-17-20(25-26-28(17)2)16-9-10-18(19(24-16)13-7-8-13)33-15-6-4-5-14(11-15)21(29)31-3/h9-10,13-15H,4-8,11-12H2,1-3H3/t14-,15-/m0/s1. The molecule has 2 saturated carbocycles. The number of nitrogens with zero attached hydrogens (tertiary/aromatic N) is 5. The predicted octanol–water partition coefficient (Wildman–Crippen LogP) is 3.32. The molecule has 2 aromatic heterocycles. The van der Waals surface area contributed by atoms with Crippen molar-refractivity contribution in [2.75, 3.05) is 14.2 Å². The van der Waals surface area contributed by atoms with E-state index in [1.807, 2.05) is 6.07 Å². The highest BCUT2D eigenvalue weighted by molar-refractivity contribution is 5.72. The predicted molar refractivity (Wildman–Crippen MR) is 114 cm³/mol. The molecule has 0 saturated heterocycles. The summed E-state index contributed by atoms with van der Waals surface area (Å²) >= 11 is 0. The maximum atomic E-state index is 13.0. The molecule has 0 radical (unpaired) electrons. The van der Waals surface area contributed by atoms with Gasteiger partial charge in [-0.25, -0.2) is 14.5 Å². The highest BCUT2D eigenvalue weighted by atomic mass is 19.2. The van der Waals surface area contributed by atoms with Crippen LogP contribution in [-0.2, 0) is 27.9 Å². The molecule has 10 nitrogen and oxygen atoms in total. The summed E-state index contributed by atoms with van der Waals surface area (Å²) in [6, 6.07) is 3.66. The molecule has 33 heavy (non-hydrogen) atoms. The summed E-state index contributed by atoms with van der Waals surface area (Å²) in [6.07, 6.45) is 4.10. The first-order chi connectivity index (χ1) is 15.9. The third-order valence-electron chi connectivity index (χ3n) is 6.07. The number of carbonyl (C=O) groups is 2. The molecule has 2 atom stereocenters. The number of methoxy groups -OCH3 is 1. The third-order valence-corrected chi connectivity index (χ3v) is 6.07. The maximum Gasteiger partial charge on any atom is 0.438 e. The lowest BCUT2D eigenvalue weighted by atomic mass is 9.87. The third kappa shape index (κ3) is 5.23. The van der Waals surface area contributed by atoms with Crippen molar-refractivity contribution in [3.05, 3.63) is 23.5 Å². The van der Waals surface area contributed by atoms with Crippen molar-refractivity contribution >= 4 is 12.1 Å². The van der Waals surface area contributed by atoms with Crippen LogP contribution >= 0.6 is 0 Å². The zero-order valence-corrected chi connectivity index (χ0v) is 19.0. The molecule has 2 heterocycles. The second-order valence-electron chi connectivity index (χ2n) is 8.52. The van der Waals surface area contributed by atoms with Gasteiger partial charge in [-0.2, -0.15) is 0 Å². The second kappa shape index (κ2) is 9.72. The van der Waals surface area contributed by atoms with Gasteiger partial charge < -0.3 is 14.2 Å². The van der Waals surface area contributed by atoms with E-state index in [0.29, 0.717) is 35.2 Å². The minimum Gasteiger partial charge on any atom is -0.488 e. The molecule has 1 amide bonds. The summed E-state index contributed by atoms with van der Waals surface area (Å²) in [7, 11) is 4.05. The maximum absolute atomic E-state index is 13.0. The van der Waals surface area contributed by atoms with Gasteiger partial charge in [0.1, 0.15) is 23.7 Å². The Morgan fingerprint density at radius 2 is 2.03 bits per heavy atom. The van der Waals surface area contributed by atoms with Crippen molar-refractivity contribution in [1.29, 1.82) is 0 Å². The summed E-state index contributed by atoms with van der Waals surface area (Å²) in [4.78, 5) is 28.3. The number of amides is 1. The van der Waals surface area contributed by atoms with Gasteiger partial charge in [0.15, 0.2) is 0 Å². The molecule has 0 bridgehead atoms. The van der Waals surface area contributed by atoms with Crippen LogP contribution in [0.4, 0.5) is 9.28 Å². The van der Waals surface area contributed by atoms with Gasteiger partial charge in [-0.15, -0.1) is 10.2 Å². The van der Waals surface area contributed by atoms with Crippen LogP contribution in [0.1, 0.15) is 55.8 Å². The van der Waals surface area contributed by atoms with Crippen molar-refractivity contribution in [3.8, 4) is 17.1 Å². The van der Waals surface area contributed by atoms with E-state index in [2.05, 4.69) is 10.3 Å². The minimum atomic E-state index is -1.10. The lowest BCUT2D eigenvalue weighted by Crippen LogP contribution is -2.30. The number of ether oxygens (including phenoxy) is 3. The fraction of sp³-hybridized carbons (Fsp3) is 0.591. The van der Waals surface area contributed by atoms with Gasteiger partial charge in [0.05, 0.1) is 30.5 Å². The first-order valence-electron chi connectivity index (χ1n) is 11.1. The lowest BCUT2D eigenvalue weighted by molar-refractivity contribution is -0.147. The zero-order valence-electron chi connectivity index (χ0n) is 19.0. The first-order valence-corrected chi connectivity index (χ1v) is 11.1. The molecule has 0 aromatic carbocycles. The van der Waals surface area contributed by atoms with E-state index in [-0.39, 0.29) is 29.7 Å². The molecule has 4 rings (SSSR count). The number of pyridine rings is 1. The Bertz CT molecular complexity index is 1020. The van der Waals surface area contributed by atoms with E-state index in [0.717, 1.165) is 44.8 Å². The highest BCUT2D eigenvalue weighted by Gasteiger charge is 2.33. The number of aromatic nitrogens is 4. The summed E-state index contributed by atoms with van der Waals surface area (Å²) in [5.41, 5.74) is 2.39. The monoisotopic (exact) mass is 461 g/mol. The van der Waals surface area contributed by atoms with Crippen molar-refractivity contribution < 1.29 is 28.3 Å². The van der Waals surface area contributed by atoms with Crippen LogP contribution in [0.3, 0.4) is 0 Å². The number of halogens is 1. The van der Waals surface area contributed by atoms with Gasteiger partial charge in [-0.05, 0) is 50.7 Å². The molecular formula is C22H28FN5O5. The minimum absolute atomic E-state index is 0.0721. The van der Waals surface area contributed by atoms with Crippen LogP contribution < -0.4 is 4.74 Å². The molecule has 2 aliphatic rings. The quantitative estimate of drug-likeness (QED) is 0.456. The average Bonchev–Trinajstić information content (AvgIpc) is 3.60. The van der Waals surface area contributed by atoms with Gasteiger partial charge in [-0.3, -0.25) is 4.79 Å². The molecule has 0 N–H and O–H groups in total. The molecule has 2 fully saturated rings. The zero-order chi connectivity index (χ0) is 23.5. The van der Waals surface area contributed by atoms with Crippen molar-refractivity contribution in [2.24, 2.45) is 13.0 Å². The fourth-order valence-electron chi connectivity index (χ4n) is 4.11. The topological polar surface area (TPSA) is 109 Å². The molecule has 11 heteroatoms. The Morgan fingerprint density at radius 3 is 2.73 bits per heavy atom. The molecule has 2 aliphatic carbocycles. The Balaban J connectivity index is 1.54. The van der Waals surface area contributed by atoms with Crippen molar-refractivity contribution in [2.45, 2.75) is 57.2 Å². The van der Waals surface area contributed by atoms with Crippen molar-refractivity contribution in [1.82, 2.24) is 25.1 Å². The molecule has 0 unspecified atom stereocenters. The van der Waals surface area contributed by atoms with E-state index in [1.54, 1.807) is 13.1 Å². The number of aryl methyl sites for hydroxylation is 1. The number of hydrogen-bond donors (Lipinski definition) is 0. The van der Waals surface area contributed by atoms with Crippen LogP contribution in [0.25, 0.3) is 11.4 Å². The molecule has 178 valence electrons. The van der Waals surface area contributed by atoms with Gasteiger partial charge in [0, 0.05) is 20.0 Å². The molecule has 0 aliphatic heterocycles. The van der Waals surface area contributed by atoms with Gasteiger partial charge in [-0.1, -0.05) is 9.69 Å². The van der Waals surface area contributed by atoms with E-state index in [1.165, 1.54) is 11.8 Å². The van der Waals surface area contributed by atoms with E-state index >= 15 is 0 Å². The van der Waals surface area contributed by atoms with E-state index < -0.39 is 6.09 Å². The fourth-order valence-corrected chi connectivity index (χ4v) is 4.11. The van der Waals surface area contributed by atoms with Crippen LogP contribution in [0, 0.1) is 5.92 Å². The van der Waals surface area contributed by atoms with E-state index in [4.69, 9.17) is 19.2 Å². The molecule has 0 spiro atoms. The van der Waals surface area contributed by atoms with E-state index in [9.17, 15) is 14.1 Å². The normalized spacial score (nSPS) is 20.2.